The summed E-state index contributed by atoms with van der Waals surface area (Å²) in [4.78, 5) is 20.9. The number of nitrogens with one attached hydrogen (secondary N) is 1. The highest BCUT2D eigenvalue weighted by Gasteiger charge is 2.18. The van der Waals surface area contributed by atoms with Gasteiger partial charge < -0.3 is 15.1 Å². The van der Waals surface area contributed by atoms with E-state index >= 15 is 0 Å². The summed E-state index contributed by atoms with van der Waals surface area (Å²) in [6, 6.07) is 15.1. The molecule has 1 fully saturated rings. The van der Waals surface area contributed by atoms with E-state index in [1.807, 2.05) is 41.3 Å². The van der Waals surface area contributed by atoms with Crippen LogP contribution in [-0.4, -0.2) is 42.0 Å². The molecule has 0 bridgehead atoms. The minimum absolute atomic E-state index is 0.0965. The summed E-state index contributed by atoms with van der Waals surface area (Å²) >= 11 is 3.35. The number of hydrogen-bond donors (Lipinski definition) is 1. The number of carbonyl (C=O) groups excluding carboxylic acids is 1. The lowest BCUT2D eigenvalue weighted by Crippen LogP contribution is -2.44. The quantitative estimate of drug-likeness (QED) is 0.618. The maximum absolute atomic E-state index is 12.3. The van der Waals surface area contributed by atoms with E-state index in [1.54, 1.807) is 24.5 Å². The topological polar surface area (TPSA) is 72.3 Å². The van der Waals surface area contributed by atoms with Crippen LogP contribution in [0.25, 0.3) is 0 Å². The molecule has 0 saturated carbocycles. The van der Waals surface area contributed by atoms with Crippen molar-refractivity contribution in [3.8, 4) is 6.07 Å². The summed E-state index contributed by atoms with van der Waals surface area (Å²) in [6.45, 7) is 3.04. The number of nitriles is 1. The third-order valence-electron chi connectivity index (χ3n) is 4.07. The first kappa shape index (κ1) is 18.0. The van der Waals surface area contributed by atoms with E-state index in [9.17, 15) is 10.1 Å². The second-order valence-corrected chi connectivity index (χ2v) is 6.74. The molecule has 0 spiro atoms. The molecule has 0 atom stereocenters. The molecule has 1 saturated heterocycles. The Morgan fingerprint density at radius 1 is 1.15 bits per heavy atom. The Labute approximate surface area is 160 Å². The number of nitrogens with zero attached hydrogens (tertiary/aromatic N) is 4. The molecular weight excluding hydrogens is 394 g/mol. The lowest BCUT2D eigenvalue weighted by atomic mass is 10.2. The van der Waals surface area contributed by atoms with Gasteiger partial charge in [0.1, 0.15) is 17.5 Å². The summed E-state index contributed by atoms with van der Waals surface area (Å²) in [7, 11) is 0. The summed E-state index contributed by atoms with van der Waals surface area (Å²) in [5.41, 5.74) is 0.749. The molecule has 3 rings (SSSR count). The zero-order chi connectivity index (χ0) is 18.4. The van der Waals surface area contributed by atoms with Gasteiger partial charge in [0.25, 0.3) is 5.91 Å². The fourth-order valence-corrected chi connectivity index (χ4v) is 2.94. The number of hydrogen-bond acceptors (Lipinski definition) is 5. The average molecular weight is 412 g/mol. The number of amides is 1. The van der Waals surface area contributed by atoms with Gasteiger partial charge in [-0.15, -0.1) is 0 Å². The maximum Gasteiger partial charge on any atom is 0.267 e. The Bertz CT molecular complexity index is 821. The van der Waals surface area contributed by atoms with Crippen LogP contribution < -0.4 is 10.2 Å². The molecular formula is C19H18BrN5O. The number of aromatic nitrogens is 1. The van der Waals surface area contributed by atoms with Crippen LogP contribution in [0.2, 0.25) is 0 Å². The van der Waals surface area contributed by atoms with E-state index in [4.69, 9.17) is 0 Å². The predicted molar refractivity (Wildman–Crippen MR) is 104 cm³/mol. The fourth-order valence-electron chi connectivity index (χ4n) is 2.67. The second kappa shape index (κ2) is 8.50. The van der Waals surface area contributed by atoms with Gasteiger partial charge in [-0.2, -0.15) is 5.26 Å². The molecule has 2 aromatic rings. The van der Waals surface area contributed by atoms with Crippen LogP contribution in [0.4, 0.5) is 11.5 Å². The molecule has 1 aliphatic rings. The van der Waals surface area contributed by atoms with Crippen molar-refractivity contribution in [3.63, 3.8) is 0 Å². The Hall–Kier alpha value is -2.85. The summed E-state index contributed by atoms with van der Waals surface area (Å²) < 4.78 is 0.928. The molecule has 132 valence electrons. The Kier molecular flexibility index (Phi) is 5.87. The number of carbonyl (C=O) groups is 1. The van der Waals surface area contributed by atoms with Crippen molar-refractivity contribution in [1.82, 2.24) is 9.88 Å². The van der Waals surface area contributed by atoms with Crippen molar-refractivity contribution in [2.75, 3.05) is 36.4 Å². The molecule has 2 heterocycles. The number of pyridine rings is 1. The van der Waals surface area contributed by atoms with E-state index in [-0.39, 0.29) is 5.57 Å². The normalized spacial score (nSPS) is 14.7. The first-order chi connectivity index (χ1) is 12.7. The lowest BCUT2D eigenvalue weighted by Gasteiger charge is -2.34. The molecule has 1 aromatic carbocycles. The third-order valence-corrected chi connectivity index (χ3v) is 4.60. The maximum atomic E-state index is 12.3. The van der Waals surface area contributed by atoms with E-state index in [0.29, 0.717) is 5.69 Å². The van der Waals surface area contributed by atoms with Gasteiger partial charge in [-0.1, -0.05) is 22.0 Å². The highest BCUT2D eigenvalue weighted by atomic mass is 79.9. The summed E-state index contributed by atoms with van der Waals surface area (Å²) in [6.07, 6.45) is 3.42. The molecule has 1 amide bonds. The fraction of sp³-hybridized carbons (Fsp3) is 0.211. The van der Waals surface area contributed by atoms with Gasteiger partial charge in [0.15, 0.2) is 0 Å². The second-order valence-electron chi connectivity index (χ2n) is 5.83. The molecule has 6 nitrogen and oxygen atoms in total. The van der Waals surface area contributed by atoms with Gasteiger partial charge in [-0.25, -0.2) is 4.98 Å². The molecule has 1 aliphatic heterocycles. The molecule has 0 unspecified atom stereocenters. The van der Waals surface area contributed by atoms with E-state index < -0.39 is 5.91 Å². The summed E-state index contributed by atoms with van der Waals surface area (Å²) in [5, 5.41) is 12.1. The minimum atomic E-state index is -0.401. The van der Waals surface area contributed by atoms with Crippen LogP contribution in [0.3, 0.4) is 0 Å². The van der Waals surface area contributed by atoms with Crippen molar-refractivity contribution >= 4 is 33.3 Å². The van der Waals surface area contributed by atoms with Crippen molar-refractivity contribution in [3.05, 3.63) is 64.9 Å². The van der Waals surface area contributed by atoms with Crippen LogP contribution in [-0.2, 0) is 4.79 Å². The number of halogens is 1. The van der Waals surface area contributed by atoms with Gasteiger partial charge >= 0.3 is 0 Å². The van der Waals surface area contributed by atoms with Crippen LogP contribution in [0.15, 0.2) is 64.9 Å². The minimum Gasteiger partial charge on any atom is -0.373 e. The zero-order valence-electron chi connectivity index (χ0n) is 14.1. The highest BCUT2D eigenvalue weighted by Crippen LogP contribution is 2.16. The van der Waals surface area contributed by atoms with Gasteiger partial charge in [-0.3, -0.25) is 4.79 Å². The average Bonchev–Trinajstić information content (AvgIpc) is 2.69. The Morgan fingerprint density at radius 2 is 1.88 bits per heavy atom. The first-order valence-electron chi connectivity index (χ1n) is 8.24. The lowest BCUT2D eigenvalue weighted by molar-refractivity contribution is -0.112. The number of anilines is 2. The number of rotatable bonds is 4. The van der Waals surface area contributed by atoms with Crippen molar-refractivity contribution in [2.45, 2.75) is 0 Å². The van der Waals surface area contributed by atoms with Crippen molar-refractivity contribution in [2.24, 2.45) is 0 Å². The molecule has 1 N–H and O–H groups in total. The SMILES string of the molecule is N#C/C(=C/N1CCN(c2ccccn2)CC1)C(=O)Nc1ccc(Br)cc1. The zero-order valence-corrected chi connectivity index (χ0v) is 15.7. The van der Waals surface area contributed by atoms with Gasteiger partial charge in [-0.05, 0) is 36.4 Å². The monoisotopic (exact) mass is 411 g/mol. The van der Waals surface area contributed by atoms with Crippen molar-refractivity contribution in [1.29, 1.82) is 5.26 Å². The van der Waals surface area contributed by atoms with Crippen molar-refractivity contribution < 1.29 is 4.79 Å². The molecule has 7 heteroatoms. The molecule has 0 aliphatic carbocycles. The molecule has 1 aromatic heterocycles. The van der Waals surface area contributed by atoms with E-state index in [1.165, 1.54) is 0 Å². The third kappa shape index (κ3) is 4.61. The van der Waals surface area contributed by atoms with Gasteiger partial charge in [0, 0.05) is 48.7 Å². The van der Waals surface area contributed by atoms with Crippen LogP contribution in [0, 0.1) is 11.3 Å². The van der Waals surface area contributed by atoms with Crippen LogP contribution in [0.5, 0.6) is 0 Å². The first-order valence-corrected chi connectivity index (χ1v) is 9.04. The number of benzene rings is 1. The summed E-state index contributed by atoms with van der Waals surface area (Å²) in [5.74, 6) is 0.548. The van der Waals surface area contributed by atoms with E-state index in [2.05, 4.69) is 31.1 Å². The molecule has 0 radical (unpaired) electrons. The van der Waals surface area contributed by atoms with Gasteiger partial charge in [0.05, 0.1) is 0 Å². The smallest absolute Gasteiger partial charge is 0.267 e. The molecule has 26 heavy (non-hydrogen) atoms. The predicted octanol–water partition coefficient (Wildman–Crippen LogP) is 3.01. The standard InChI is InChI=1S/C19H18BrN5O/c20-16-4-6-17(7-5-16)23-19(26)15(13-21)14-24-9-11-25(12-10-24)18-3-1-2-8-22-18/h1-8,14H,9-12H2,(H,23,26)/b15-14-. The van der Waals surface area contributed by atoms with Crippen LogP contribution in [0.1, 0.15) is 0 Å². The highest BCUT2D eigenvalue weighted by molar-refractivity contribution is 9.10. The largest absolute Gasteiger partial charge is 0.373 e. The Morgan fingerprint density at radius 3 is 2.50 bits per heavy atom. The van der Waals surface area contributed by atoms with E-state index in [0.717, 1.165) is 36.5 Å². The van der Waals surface area contributed by atoms with Gasteiger partial charge in [0.2, 0.25) is 0 Å². The van der Waals surface area contributed by atoms with Crippen LogP contribution >= 0.6 is 15.9 Å². The number of piperazine rings is 1. The Balaban J connectivity index is 1.60.